The molecule has 0 aromatic carbocycles. The van der Waals surface area contributed by atoms with Gasteiger partial charge in [0.1, 0.15) is 6.04 Å². The zero-order valence-corrected chi connectivity index (χ0v) is 9.84. The topological polar surface area (TPSA) is 130 Å². The van der Waals surface area contributed by atoms with Crippen LogP contribution in [0.3, 0.4) is 0 Å². The Bertz CT molecular complexity index is 303. The Morgan fingerprint density at radius 3 is 2.12 bits per heavy atom. The molecule has 0 aliphatic rings. The third-order valence-electron chi connectivity index (χ3n) is 2.05. The first kappa shape index (κ1) is 15.4. The monoisotopic (exact) mass is 246 g/mol. The van der Waals surface area contributed by atoms with E-state index < -0.39 is 36.4 Å². The Morgan fingerprint density at radius 2 is 1.76 bits per heavy atom. The smallest absolute Gasteiger partial charge is 0.326 e. The first-order valence-corrected chi connectivity index (χ1v) is 5.24. The molecule has 0 radical (unpaired) electrons. The molecule has 0 bridgehead atoms. The highest BCUT2D eigenvalue weighted by atomic mass is 16.4. The van der Waals surface area contributed by atoms with E-state index in [1.54, 1.807) is 0 Å². The van der Waals surface area contributed by atoms with Crippen LogP contribution in [0.1, 0.15) is 26.7 Å². The molecule has 1 amide bonds. The van der Waals surface area contributed by atoms with Gasteiger partial charge in [0.15, 0.2) is 0 Å². The summed E-state index contributed by atoms with van der Waals surface area (Å²) in [5, 5.41) is 19.5. The van der Waals surface area contributed by atoms with Crippen LogP contribution >= 0.6 is 0 Å². The molecule has 0 aliphatic carbocycles. The molecular formula is C10H18N2O5. The molecule has 0 fully saturated rings. The van der Waals surface area contributed by atoms with Gasteiger partial charge in [-0.2, -0.15) is 0 Å². The highest BCUT2D eigenvalue weighted by Crippen LogP contribution is 2.05. The molecule has 5 N–H and O–H groups in total. The lowest BCUT2D eigenvalue weighted by Crippen LogP contribution is -2.49. The molecule has 7 heteroatoms. The van der Waals surface area contributed by atoms with Gasteiger partial charge in [-0.25, -0.2) is 4.79 Å². The third kappa shape index (κ3) is 6.52. The van der Waals surface area contributed by atoms with E-state index in [1.165, 1.54) is 0 Å². The number of hydrogen-bond donors (Lipinski definition) is 4. The SMILES string of the molecule is CC(C)C[C@H](NC(=O)[C@H](N)CC(=O)O)C(=O)O. The molecule has 98 valence electrons. The number of carboxylic acid groups (broad SMARTS) is 2. The van der Waals surface area contributed by atoms with Gasteiger partial charge < -0.3 is 21.3 Å². The quantitative estimate of drug-likeness (QED) is 0.474. The van der Waals surface area contributed by atoms with E-state index in [2.05, 4.69) is 5.32 Å². The van der Waals surface area contributed by atoms with Crippen LogP contribution in [0, 0.1) is 5.92 Å². The van der Waals surface area contributed by atoms with E-state index in [0.29, 0.717) is 0 Å². The summed E-state index contributed by atoms with van der Waals surface area (Å²) in [5.41, 5.74) is 5.31. The molecule has 2 atom stereocenters. The predicted octanol–water partition coefficient (Wildman–Crippen LogP) is -0.596. The van der Waals surface area contributed by atoms with Gasteiger partial charge in [-0.05, 0) is 12.3 Å². The van der Waals surface area contributed by atoms with E-state index >= 15 is 0 Å². The zero-order valence-electron chi connectivity index (χ0n) is 9.84. The summed E-state index contributed by atoms with van der Waals surface area (Å²) in [7, 11) is 0. The van der Waals surface area contributed by atoms with Crippen LogP contribution in [-0.2, 0) is 14.4 Å². The van der Waals surface area contributed by atoms with Gasteiger partial charge in [0.25, 0.3) is 0 Å². The minimum Gasteiger partial charge on any atom is -0.481 e. The van der Waals surface area contributed by atoms with Gasteiger partial charge in [0.05, 0.1) is 12.5 Å². The van der Waals surface area contributed by atoms with Crippen molar-refractivity contribution in [2.45, 2.75) is 38.8 Å². The summed E-state index contributed by atoms with van der Waals surface area (Å²) in [6.45, 7) is 3.64. The number of carbonyl (C=O) groups is 3. The van der Waals surface area contributed by atoms with Crippen molar-refractivity contribution >= 4 is 17.8 Å². The molecule has 0 unspecified atom stereocenters. The summed E-state index contributed by atoms with van der Waals surface area (Å²) >= 11 is 0. The van der Waals surface area contributed by atoms with Gasteiger partial charge in [-0.1, -0.05) is 13.8 Å². The summed E-state index contributed by atoms with van der Waals surface area (Å²) in [5.74, 6) is -3.04. The van der Waals surface area contributed by atoms with Crippen molar-refractivity contribution in [1.82, 2.24) is 5.32 Å². The largest absolute Gasteiger partial charge is 0.481 e. The van der Waals surface area contributed by atoms with Crippen LogP contribution in [0.5, 0.6) is 0 Å². The van der Waals surface area contributed by atoms with Crippen LogP contribution in [0.2, 0.25) is 0 Å². The number of carboxylic acids is 2. The Morgan fingerprint density at radius 1 is 1.24 bits per heavy atom. The third-order valence-corrected chi connectivity index (χ3v) is 2.05. The second-order valence-corrected chi connectivity index (χ2v) is 4.23. The van der Waals surface area contributed by atoms with Gasteiger partial charge in [-0.15, -0.1) is 0 Å². The molecule has 0 rings (SSSR count). The first-order valence-electron chi connectivity index (χ1n) is 5.24. The molecule has 7 nitrogen and oxygen atoms in total. The van der Waals surface area contributed by atoms with Crippen LogP contribution in [-0.4, -0.2) is 40.1 Å². The maximum atomic E-state index is 11.4. The lowest BCUT2D eigenvalue weighted by molar-refractivity contribution is -0.143. The summed E-state index contributed by atoms with van der Waals surface area (Å²) in [6.07, 6.45) is -0.263. The molecule has 17 heavy (non-hydrogen) atoms. The van der Waals surface area contributed by atoms with E-state index in [0.717, 1.165) is 0 Å². The van der Waals surface area contributed by atoms with Gasteiger partial charge in [0.2, 0.25) is 5.91 Å². The molecular weight excluding hydrogens is 228 g/mol. The van der Waals surface area contributed by atoms with Gasteiger partial charge in [0, 0.05) is 0 Å². The van der Waals surface area contributed by atoms with Crippen LogP contribution in [0.15, 0.2) is 0 Å². The molecule has 0 saturated heterocycles. The second kappa shape index (κ2) is 6.85. The van der Waals surface area contributed by atoms with Crippen LogP contribution < -0.4 is 11.1 Å². The lowest BCUT2D eigenvalue weighted by atomic mass is 10.0. The van der Waals surface area contributed by atoms with Gasteiger partial charge >= 0.3 is 11.9 Å². The fraction of sp³-hybridized carbons (Fsp3) is 0.700. The number of nitrogens with two attached hydrogens (primary N) is 1. The summed E-state index contributed by atoms with van der Waals surface area (Å²) in [6, 6.07) is -2.27. The number of hydrogen-bond acceptors (Lipinski definition) is 4. The average Bonchev–Trinajstić information content (AvgIpc) is 2.14. The van der Waals surface area contributed by atoms with Crippen molar-refractivity contribution in [1.29, 1.82) is 0 Å². The normalized spacial score (nSPS) is 14.1. The summed E-state index contributed by atoms with van der Waals surface area (Å²) < 4.78 is 0. The first-order chi connectivity index (χ1) is 7.73. The standard InChI is InChI=1S/C10H18N2O5/c1-5(2)3-7(10(16)17)12-9(15)6(11)4-8(13)14/h5-7H,3-4,11H2,1-2H3,(H,12,15)(H,13,14)(H,16,17)/t6-,7+/m1/s1. The van der Waals surface area contributed by atoms with Crippen molar-refractivity contribution in [3.05, 3.63) is 0 Å². The molecule has 0 aromatic rings. The molecule has 0 aliphatic heterocycles. The molecule has 0 spiro atoms. The highest BCUT2D eigenvalue weighted by Gasteiger charge is 2.25. The van der Waals surface area contributed by atoms with Crippen LogP contribution in [0.4, 0.5) is 0 Å². The van der Waals surface area contributed by atoms with Crippen molar-refractivity contribution in [3.8, 4) is 0 Å². The van der Waals surface area contributed by atoms with E-state index in [4.69, 9.17) is 15.9 Å². The lowest BCUT2D eigenvalue weighted by Gasteiger charge is -2.18. The van der Waals surface area contributed by atoms with Crippen molar-refractivity contribution in [2.24, 2.45) is 11.7 Å². The maximum Gasteiger partial charge on any atom is 0.326 e. The Kier molecular flexibility index (Phi) is 6.19. The average molecular weight is 246 g/mol. The van der Waals surface area contributed by atoms with Gasteiger partial charge in [-0.3, -0.25) is 9.59 Å². The summed E-state index contributed by atoms with van der Waals surface area (Å²) in [4.78, 5) is 32.6. The fourth-order valence-corrected chi connectivity index (χ4v) is 1.25. The number of rotatable bonds is 7. The van der Waals surface area contributed by atoms with E-state index in [-0.39, 0.29) is 12.3 Å². The Labute approximate surface area is 99.0 Å². The van der Waals surface area contributed by atoms with E-state index in [1.807, 2.05) is 13.8 Å². The number of nitrogens with one attached hydrogen (secondary N) is 1. The number of aliphatic carboxylic acids is 2. The van der Waals surface area contributed by atoms with Crippen molar-refractivity contribution < 1.29 is 24.6 Å². The number of amides is 1. The van der Waals surface area contributed by atoms with Crippen molar-refractivity contribution in [3.63, 3.8) is 0 Å². The number of carbonyl (C=O) groups excluding carboxylic acids is 1. The molecule has 0 aromatic heterocycles. The van der Waals surface area contributed by atoms with Crippen LogP contribution in [0.25, 0.3) is 0 Å². The highest BCUT2D eigenvalue weighted by molar-refractivity contribution is 5.89. The van der Waals surface area contributed by atoms with Crippen molar-refractivity contribution in [2.75, 3.05) is 0 Å². The molecule has 0 heterocycles. The zero-order chi connectivity index (χ0) is 13.6. The second-order valence-electron chi connectivity index (χ2n) is 4.23. The maximum absolute atomic E-state index is 11.4. The molecule has 0 saturated carbocycles. The predicted molar refractivity (Wildman–Crippen MR) is 59.2 cm³/mol. The fourth-order valence-electron chi connectivity index (χ4n) is 1.25. The van der Waals surface area contributed by atoms with E-state index in [9.17, 15) is 14.4 Å². The minimum absolute atomic E-state index is 0.0899. The Hall–Kier alpha value is -1.63. The minimum atomic E-state index is -1.23. The Balaban J connectivity index is 4.39.